The van der Waals surface area contributed by atoms with Gasteiger partial charge in [0.2, 0.25) is 0 Å². The minimum Gasteiger partial charge on any atom is -0.481 e. The summed E-state index contributed by atoms with van der Waals surface area (Å²) >= 11 is 5.98. The minimum atomic E-state index is -0.849. The van der Waals surface area contributed by atoms with Crippen molar-refractivity contribution in [3.63, 3.8) is 0 Å². The van der Waals surface area contributed by atoms with Gasteiger partial charge in [-0.1, -0.05) is 24.1 Å². The fraction of sp³-hybridized carbons (Fsp3) is 0.429. The molecule has 0 atom stereocenters. The number of aliphatic carboxylic acids is 1. The molecular formula is C14H17ClN2O3. The van der Waals surface area contributed by atoms with Crippen LogP contribution in [0.3, 0.4) is 0 Å². The molecule has 3 N–H and O–H groups in total. The van der Waals surface area contributed by atoms with Gasteiger partial charge in [-0.15, -0.1) is 0 Å². The van der Waals surface area contributed by atoms with Crippen LogP contribution < -0.4 is 10.6 Å². The molecule has 0 bridgehead atoms. The van der Waals surface area contributed by atoms with Gasteiger partial charge in [0.25, 0.3) is 0 Å². The molecule has 108 valence electrons. The lowest BCUT2D eigenvalue weighted by Crippen LogP contribution is -2.48. The molecule has 1 fully saturated rings. The number of carbonyl (C=O) groups is 2. The van der Waals surface area contributed by atoms with E-state index < -0.39 is 17.4 Å². The molecule has 1 aliphatic carbocycles. The van der Waals surface area contributed by atoms with Crippen LogP contribution in [0.4, 0.5) is 10.5 Å². The predicted molar refractivity (Wildman–Crippen MR) is 77.1 cm³/mol. The number of urea groups is 1. The second-order valence-electron chi connectivity index (χ2n) is 5.23. The lowest BCUT2D eigenvalue weighted by Gasteiger charge is -2.37. The molecule has 0 spiro atoms. The highest BCUT2D eigenvalue weighted by atomic mass is 35.5. The lowest BCUT2D eigenvalue weighted by molar-refractivity contribution is -0.153. The largest absolute Gasteiger partial charge is 0.481 e. The highest BCUT2D eigenvalue weighted by Crippen LogP contribution is 2.40. The molecule has 1 aromatic rings. The van der Waals surface area contributed by atoms with E-state index in [9.17, 15) is 14.7 Å². The zero-order valence-electron chi connectivity index (χ0n) is 11.2. The first-order valence-corrected chi connectivity index (χ1v) is 6.85. The zero-order chi connectivity index (χ0) is 14.8. The number of carboxylic acids is 1. The molecular weight excluding hydrogens is 280 g/mol. The third-order valence-corrected chi connectivity index (χ3v) is 4.05. The summed E-state index contributed by atoms with van der Waals surface area (Å²) in [6, 6.07) is 4.87. The van der Waals surface area contributed by atoms with E-state index in [1.54, 1.807) is 12.1 Å². The molecule has 0 aromatic heterocycles. The number of aryl methyl sites for hydroxylation is 1. The Morgan fingerprint density at radius 1 is 1.40 bits per heavy atom. The van der Waals surface area contributed by atoms with E-state index in [0.29, 0.717) is 23.6 Å². The summed E-state index contributed by atoms with van der Waals surface area (Å²) < 4.78 is 0. The topological polar surface area (TPSA) is 78.4 Å². The average molecular weight is 297 g/mol. The van der Waals surface area contributed by atoms with E-state index in [0.717, 1.165) is 12.0 Å². The summed E-state index contributed by atoms with van der Waals surface area (Å²) in [6.45, 7) is 2.03. The van der Waals surface area contributed by atoms with Gasteiger partial charge in [0.15, 0.2) is 0 Å². The number of carboxylic acid groups (broad SMARTS) is 1. The molecule has 20 heavy (non-hydrogen) atoms. The molecule has 0 saturated heterocycles. The van der Waals surface area contributed by atoms with Crippen LogP contribution in [0, 0.1) is 12.3 Å². The van der Waals surface area contributed by atoms with Crippen molar-refractivity contribution in [3.05, 3.63) is 28.8 Å². The second kappa shape index (κ2) is 5.71. The molecule has 0 radical (unpaired) electrons. The lowest BCUT2D eigenvalue weighted by atomic mass is 9.69. The fourth-order valence-corrected chi connectivity index (χ4v) is 2.39. The average Bonchev–Trinajstić information content (AvgIpc) is 2.32. The van der Waals surface area contributed by atoms with Crippen molar-refractivity contribution in [1.82, 2.24) is 5.32 Å². The number of hydrogen-bond donors (Lipinski definition) is 3. The molecule has 0 heterocycles. The molecule has 1 saturated carbocycles. The third kappa shape index (κ3) is 3.04. The van der Waals surface area contributed by atoms with Gasteiger partial charge in [0, 0.05) is 6.54 Å². The third-order valence-electron chi connectivity index (χ3n) is 3.72. The highest BCUT2D eigenvalue weighted by Gasteiger charge is 2.44. The van der Waals surface area contributed by atoms with Gasteiger partial charge >= 0.3 is 12.0 Å². The molecule has 2 rings (SSSR count). The van der Waals surface area contributed by atoms with Crippen LogP contribution in [0.5, 0.6) is 0 Å². The Hall–Kier alpha value is -1.75. The monoisotopic (exact) mass is 296 g/mol. The number of rotatable bonds is 4. The first-order valence-electron chi connectivity index (χ1n) is 6.47. The summed E-state index contributed by atoms with van der Waals surface area (Å²) in [7, 11) is 0. The van der Waals surface area contributed by atoms with Crippen molar-refractivity contribution in [2.45, 2.75) is 26.2 Å². The normalized spacial score (nSPS) is 16.1. The summed E-state index contributed by atoms with van der Waals surface area (Å²) in [6.07, 6.45) is 2.10. The molecule has 1 aliphatic rings. The predicted octanol–water partition coefficient (Wildman–Crippen LogP) is 3.02. The van der Waals surface area contributed by atoms with Gasteiger partial charge in [-0.3, -0.25) is 4.79 Å². The molecule has 1 aromatic carbocycles. The van der Waals surface area contributed by atoms with Crippen LogP contribution in [-0.2, 0) is 4.79 Å². The van der Waals surface area contributed by atoms with Gasteiger partial charge in [0.05, 0.1) is 16.1 Å². The summed E-state index contributed by atoms with van der Waals surface area (Å²) in [5.41, 5.74) is 0.696. The maximum absolute atomic E-state index is 11.8. The first kappa shape index (κ1) is 14.7. The number of nitrogens with one attached hydrogen (secondary N) is 2. The Bertz CT molecular complexity index is 541. The fourth-order valence-electron chi connectivity index (χ4n) is 2.22. The maximum Gasteiger partial charge on any atom is 0.319 e. The number of halogens is 1. The van der Waals surface area contributed by atoms with Crippen LogP contribution in [0.1, 0.15) is 24.8 Å². The molecule has 6 heteroatoms. The van der Waals surface area contributed by atoms with E-state index >= 15 is 0 Å². The minimum absolute atomic E-state index is 0.137. The SMILES string of the molecule is Cc1ccc(Cl)c(NC(=O)NCC2(C(=O)O)CCC2)c1. The quantitative estimate of drug-likeness (QED) is 0.799. The maximum atomic E-state index is 11.8. The Morgan fingerprint density at radius 3 is 2.65 bits per heavy atom. The van der Waals surface area contributed by atoms with Gasteiger partial charge < -0.3 is 15.7 Å². The Balaban J connectivity index is 1.93. The van der Waals surface area contributed by atoms with Crippen molar-refractivity contribution in [2.24, 2.45) is 5.41 Å². The van der Waals surface area contributed by atoms with Crippen molar-refractivity contribution in [2.75, 3.05) is 11.9 Å². The number of carbonyl (C=O) groups excluding carboxylic acids is 1. The Kier molecular flexibility index (Phi) is 4.18. The van der Waals surface area contributed by atoms with Crippen molar-refractivity contribution < 1.29 is 14.7 Å². The van der Waals surface area contributed by atoms with Gasteiger partial charge in [-0.2, -0.15) is 0 Å². The molecule has 5 nitrogen and oxygen atoms in total. The molecule has 0 aliphatic heterocycles. The number of hydrogen-bond acceptors (Lipinski definition) is 2. The number of anilines is 1. The molecule has 0 unspecified atom stereocenters. The number of amides is 2. The van der Waals surface area contributed by atoms with Crippen LogP contribution in [0.15, 0.2) is 18.2 Å². The highest BCUT2D eigenvalue weighted by molar-refractivity contribution is 6.33. The summed E-state index contributed by atoms with van der Waals surface area (Å²) in [5.74, 6) is -0.849. The van der Waals surface area contributed by atoms with Gasteiger partial charge in [-0.25, -0.2) is 4.79 Å². The van der Waals surface area contributed by atoms with Crippen LogP contribution in [-0.4, -0.2) is 23.7 Å². The second-order valence-corrected chi connectivity index (χ2v) is 5.64. The summed E-state index contributed by atoms with van der Waals surface area (Å²) in [4.78, 5) is 23.0. The summed E-state index contributed by atoms with van der Waals surface area (Å²) in [5, 5.41) is 14.9. The van der Waals surface area contributed by atoms with E-state index in [2.05, 4.69) is 10.6 Å². The van der Waals surface area contributed by atoms with Gasteiger partial charge in [0.1, 0.15) is 0 Å². The van der Waals surface area contributed by atoms with Crippen LogP contribution in [0.2, 0.25) is 5.02 Å². The van der Waals surface area contributed by atoms with E-state index in [1.807, 2.05) is 13.0 Å². The van der Waals surface area contributed by atoms with E-state index in [4.69, 9.17) is 11.6 Å². The number of benzene rings is 1. The van der Waals surface area contributed by atoms with Gasteiger partial charge in [-0.05, 0) is 37.5 Å². The van der Waals surface area contributed by atoms with Crippen molar-refractivity contribution in [3.8, 4) is 0 Å². The molecule has 2 amide bonds. The Labute approximate surface area is 122 Å². The van der Waals surface area contributed by atoms with E-state index in [-0.39, 0.29) is 6.54 Å². The standard InChI is InChI=1S/C14H17ClN2O3/c1-9-3-4-10(15)11(7-9)17-13(20)16-8-14(12(18)19)5-2-6-14/h3-4,7H,2,5-6,8H2,1H3,(H,18,19)(H2,16,17,20). The zero-order valence-corrected chi connectivity index (χ0v) is 12.0. The van der Waals surface area contributed by atoms with Crippen LogP contribution in [0.25, 0.3) is 0 Å². The van der Waals surface area contributed by atoms with E-state index in [1.165, 1.54) is 0 Å². The first-order chi connectivity index (χ1) is 9.43. The Morgan fingerprint density at radius 2 is 2.10 bits per heavy atom. The van der Waals surface area contributed by atoms with Crippen molar-refractivity contribution >= 4 is 29.3 Å². The van der Waals surface area contributed by atoms with Crippen LogP contribution >= 0.6 is 11.6 Å². The van der Waals surface area contributed by atoms with Crippen molar-refractivity contribution in [1.29, 1.82) is 0 Å². The smallest absolute Gasteiger partial charge is 0.319 e.